The molecule has 1 rings (SSSR count). The summed E-state index contributed by atoms with van der Waals surface area (Å²) in [5, 5.41) is 10.5. The van der Waals surface area contributed by atoms with Gasteiger partial charge in [-0.15, -0.1) is 0 Å². The maximum Gasteiger partial charge on any atom is 0.342 e. The van der Waals surface area contributed by atoms with Crippen molar-refractivity contribution in [2.75, 3.05) is 0 Å². The van der Waals surface area contributed by atoms with Crippen LogP contribution in [0, 0.1) is 10.1 Å². The molecule has 5 nitrogen and oxygen atoms in total. The molecule has 0 bridgehead atoms. The number of H-pyrrole nitrogens is 1. The first-order chi connectivity index (χ1) is 6.97. The number of aromatic amines is 1. The molecule has 82 valence electrons. The van der Waals surface area contributed by atoms with E-state index in [-0.39, 0.29) is 11.0 Å². The van der Waals surface area contributed by atoms with E-state index >= 15 is 0 Å². The van der Waals surface area contributed by atoms with Gasteiger partial charge in [-0.05, 0) is 6.07 Å². The van der Waals surface area contributed by atoms with Gasteiger partial charge in [0, 0.05) is 11.0 Å². The standard InChI is InChI=1S/C7H5BrF2N2O3/c8-2-3-1-4(6(9)10)5(12(14)15)7(13)11-3/h1,6H,2H2,(H,11,13). The Morgan fingerprint density at radius 2 is 2.20 bits per heavy atom. The zero-order chi connectivity index (χ0) is 11.6. The molecule has 0 fully saturated rings. The molecule has 1 aromatic heterocycles. The van der Waals surface area contributed by atoms with Crippen molar-refractivity contribution in [2.24, 2.45) is 0 Å². The van der Waals surface area contributed by atoms with Crippen LogP contribution in [0.25, 0.3) is 0 Å². The van der Waals surface area contributed by atoms with Crippen LogP contribution in [-0.2, 0) is 5.33 Å². The van der Waals surface area contributed by atoms with Gasteiger partial charge < -0.3 is 4.98 Å². The molecule has 0 atom stereocenters. The summed E-state index contributed by atoms with van der Waals surface area (Å²) in [7, 11) is 0. The highest BCUT2D eigenvalue weighted by atomic mass is 79.9. The molecule has 1 heterocycles. The zero-order valence-corrected chi connectivity index (χ0v) is 8.75. The molecule has 0 aliphatic rings. The van der Waals surface area contributed by atoms with E-state index in [2.05, 4.69) is 20.9 Å². The number of nitrogens with zero attached hydrogens (tertiary/aromatic N) is 1. The van der Waals surface area contributed by atoms with Crippen LogP contribution in [0.2, 0.25) is 0 Å². The predicted molar refractivity (Wildman–Crippen MR) is 51.3 cm³/mol. The Bertz CT molecular complexity index is 446. The Hall–Kier alpha value is -1.31. The second kappa shape index (κ2) is 4.47. The number of alkyl halides is 3. The Morgan fingerprint density at radius 3 is 2.60 bits per heavy atom. The third-order valence-electron chi connectivity index (χ3n) is 1.65. The van der Waals surface area contributed by atoms with Crippen molar-refractivity contribution >= 4 is 21.6 Å². The van der Waals surface area contributed by atoms with Crippen LogP contribution in [0.15, 0.2) is 10.9 Å². The van der Waals surface area contributed by atoms with E-state index in [4.69, 9.17) is 0 Å². The number of pyridine rings is 1. The number of rotatable bonds is 3. The fraction of sp³-hybridized carbons (Fsp3) is 0.286. The van der Waals surface area contributed by atoms with E-state index in [0.29, 0.717) is 0 Å². The maximum absolute atomic E-state index is 12.4. The summed E-state index contributed by atoms with van der Waals surface area (Å²) in [6, 6.07) is 0.902. The summed E-state index contributed by atoms with van der Waals surface area (Å²) in [4.78, 5) is 22.5. The van der Waals surface area contributed by atoms with E-state index in [0.717, 1.165) is 6.07 Å². The Labute approximate surface area is 90.4 Å². The third-order valence-corrected chi connectivity index (χ3v) is 2.26. The topological polar surface area (TPSA) is 76.0 Å². The molecule has 15 heavy (non-hydrogen) atoms. The molecular formula is C7H5BrF2N2O3. The van der Waals surface area contributed by atoms with Crippen molar-refractivity contribution in [3.63, 3.8) is 0 Å². The summed E-state index contributed by atoms with van der Waals surface area (Å²) >= 11 is 2.95. The maximum atomic E-state index is 12.4. The lowest BCUT2D eigenvalue weighted by molar-refractivity contribution is -0.387. The summed E-state index contributed by atoms with van der Waals surface area (Å²) in [6.45, 7) is 0. The first-order valence-electron chi connectivity index (χ1n) is 3.72. The number of aromatic nitrogens is 1. The van der Waals surface area contributed by atoms with Gasteiger partial charge in [0.05, 0.1) is 4.92 Å². The normalized spacial score (nSPS) is 10.7. The molecule has 0 saturated carbocycles. The minimum atomic E-state index is -3.05. The number of nitrogens with one attached hydrogen (secondary N) is 1. The first kappa shape index (κ1) is 11.8. The molecule has 0 saturated heterocycles. The van der Waals surface area contributed by atoms with Crippen molar-refractivity contribution in [1.82, 2.24) is 4.98 Å². The van der Waals surface area contributed by atoms with Crippen molar-refractivity contribution in [2.45, 2.75) is 11.8 Å². The molecule has 1 N–H and O–H groups in total. The third kappa shape index (κ3) is 2.38. The fourth-order valence-electron chi connectivity index (χ4n) is 1.05. The number of halogens is 3. The van der Waals surface area contributed by atoms with Crippen LogP contribution in [0.5, 0.6) is 0 Å². The van der Waals surface area contributed by atoms with Gasteiger partial charge in [0.25, 0.3) is 6.43 Å². The van der Waals surface area contributed by atoms with Gasteiger partial charge in [0.15, 0.2) is 0 Å². The average molecular weight is 283 g/mol. The van der Waals surface area contributed by atoms with Gasteiger partial charge in [-0.2, -0.15) is 0 Å². The van der Waals surface area contributed by atoms with E-state index in [1.165, 1.54) is 0 Å². The molecule has 0 unspecified atom stereocenters. The van der Waals surface area contributed by atoms with Crippen molar-refractivity contribution in [1.29, 1.82) is 0 Å². The van der Waals surface area contributed by atoms with Crippen LogP contribution in [0.3, 0.4) is 0 Å². The average Bonchev–Trinajstić information content (AvgIpc) is 2.15. The second-order valence-electron chi connectivity index (χ2n) is 2.62. The molecular weight excluding hydrogens is 278 g/mol. The first-order valence-corrected chi connectivity index (χ1v) is 4.84. The van der Waals surface area contributed by atoms with Crippen LogP contribution < -0.4 is 5.56 Å². The molecule has 0 aliphatic heterocycles. The highest BCUT2D eigenvalue weighted by molar-refractivity contribution is 9.08. The van der Waals surface area contributed by atoms with Gasteiger partial charge in [0.1, 0.15) is 5.56 Å². The van der Waals surface area contributed by atoms with Crippen LogP contribution in [0.1, 0.15) is 17.7 Å². The van der Waals surface area contributed by atoms with Crippen LogP contribution in [0.4, 0.5) is 14.5 Å². The summed E-state index contributed by atoms with van der Waals surface area (Å²) in [5.41, 5.74) is -2.92. The molecule has 8 heteroatoms. The highest BCUT2D eigenvalue weighted by Gasteiger charge is 2.26. The second-order valence-corrected chi connectivity index (χ2v) is 3.18. The molecule has 1 aromatic rings. The van der Waals surface area contributed by atoms with Gasteiger partial charge in [-0.1, -0.05) is 15.9 Å². The smallest absolute Gasteiger partial charge is 0.319 e. The number of nitro groups is 1. The van der Waals surface area contributed by atoms with E-state index in [1.54, 1.807) is 0 Å². The monoisotopic (exact) mass is 282 g/mol. The van der Waals surface area contributed by atoms with Crippen molar-refractivity contribution in [3.8, 4) is 0 Å². The molecule has 0 aliphatic carbocycles. The summed E-state index contributed by atoms with van der Waals surface area (Å²) < 4.78 is 24.8. The van der Waals surface area contributed by atoms with E-state index < -0.39 is 28.2 Å². The number of hydrogen-bond acceptors (Lipinski definition) is 3. The Kier molecular flexibility index (Phi) is 3.51. The lowest BCUT2D eigenvalue weighted by Crippen LogP contribution is -2.16. The Morgan fingerprint density at radius 1 is 1.60 bits per heavy atom. The quantitative estimate of drug-likeness (QED) is 0.524. The number of hydrogen-bond donors (Lipinski definition) is 1. The minimum Gasteiger partial charge on any atom is -0.319 e. The van der Waals surface area contributed by atoms with Gasteiger partial charge >= 0.3 is 11.2 Å². The lowest BCUT2D eigenvalue weighted by atomic mass is 10.2. The largest absolute Gasteiger partial charge is 0.342 e. The molecule has 0 amide bonds. The van der Waals surface area contributed by atoms with Crippen LogP contribution >= 0.6 is 15.9 Å². The van der Waals surface area contributed by atoms with E-state index in [9.17, 15) is 23.7 Å². The molecule has 0 radical (unpaired) electrons. The fourth-order valence-corrected chi connectivity index (χ4v) is 1.36. The lowest BCUT2D eigenvalue weighted by Gasteiger charge is -2.02. The SMILES string of the molecule is O=c1[nH]c(CBr)cc(C(F)F)c1[N+](=O)[O-]. The van der Waals surface area contributed by atoms with E-state index in [1.807, 2.05) is 0 Å². The Balaban J connectivity index is 3.50. The molecule has 0 spiro atoms. The predicted octanol–water partition coefficient (Wildman–Crippen LogP) is 2.12. The van der Waals surface area contributed by atoms with Crippen molar-refractivity contribution < 1.29 is 13.7 Å². The summed E-state index contributed by atoms with van der Waals surface area (Å²) in [6.07, 6.45) is -3.05. The molecule has 0 aromatic carbocycles. The summed E-state index contributed by atoms with van der Waals surface area (Å²) in [5.74, 6) is 0. The zero-order valence-electron chi connectivity index (χ0n) is 7.17. The highest BCUT2D eigenvalue weighted by Crippen LogP contribution is 2.26. The minimum absolute atomic E-state index is 0.139. The van der Waals surface area contributed by atoms with Crippen LogP contribution in [-0.4, -0.2) is 9.91 Å². The van der Waals surface area contributed by atoms with Gasteiger partial charge in [0.2, 0.25) is 0 Å². The van der Waals surface area contributed by atoms with Gasteiger partial charge in [-0.25, -0.2) is 8.78 Å². The van der Waals surface area contributed by atoms with Crippen molar-refractivity contribution in [3.05, 3.63) is 37.8 Å². The van der Waals surface area contributed by atoms with Gasteiger partial charge in [-0.3, -0.25) is 14.9 Å².